The lowest BCUT2D eigenvalue weighted by molar-refractivity contribution is -0.104. The molecule has 0 aromatic carbocycles. The molecule has 0 unspecified atom stereocenters. The average molecular weight is 148 g/mol. The molecule has 1 nitrogen and oxygen atoms in total. The first-order valence-corrected chi connectivity index (χ1v) is 3.73. The summed E-state index contributed by atoms with van der Waals surface area (Å²) in [7, 11) is 0. The summed E-state index contributed by atoms with van der Waals surface area (Å²) >= 11 is 0. The smallest absolute Gasteiger partial charge is 0.150 e. The fourth-order valence-corrected chi connectivity index (χ4v) is 1.10. The molecule has 58 valence electrons. The Morgan fingerprint density at radius 1 is 1.36 bits per heavy atom. The van der Waals surface area contributed by atoms with Crippen LogP contribution in [0.4, 0.5) is 0 Å². The maximum absolute atomic E-state index is 10.5. The number of hydrogen-bond donors (Lipinski definition) is 0. The Balaban J connectivity index is 2.98. The Bertz CT molecular complexity index is 254. The predicted molar refractivity (Wildman–Crippen MR) is 46.3 cm³/mol. The molecule has 1 rings (SSSR count). The van der Waals surface area contributed by atoms with Crippen molar-refractivity contribution in [1.82, 2.24) is 0 Å². The molecule has 0 saturated carbocycles. The SMILES string of the molecule is CC1=CCC(C)=CC(C=O)=C1. The summed E-state index contributed by atoms with van der Waals surface area (Å²) in [6.45, 7) is 4.04. The van der Waals surface area contributed by atoms with Gasteiger partial charge in [-0.1, -0.05) is 23.3 Å². The fraction of sp³-hybridized carbons (Fsp3) is 0.300. The van der Waals surface area contributed by atoms with E-state index in [4.69, 9.17) is 0 Å². The van der Waals surface area contributed by atoms with Gasteiger partial charge < -0.3 is 0 Å². The van der Waals surface area contributed by atoms with Crippen molar-refractivity contribution in [2.24, 2.45) is 0 Å². The Morgan fingerprint density at radius 3 is 2.73 bits per heavy atom. The van der Waals surface area contributed by atoms with Gasteiger partial charge in [0.05, 0.1) is 0 Å². The van der Waals surface area contributed by atoms with Gasteiger partial charge in [-0.15, -0.1) is 0 Å². The van der Waals surface area contributed by atoms with E-state index in [1.165, 1.54) is 11.1 Å². The summed E-state index contributed by atoms with van der Waals surface area (Å²) in [6.07, 6.45) is 7.82. The quantitative estimate of drug-likeness (QED) is 0.522. The topological polar surface area (TPSA) is 17.1 Å². The molecule has 0 radical (unpaired) electrons. The van der Waals surface area contributed by atoms with E-state index in [0.29, 0.717) is 0 Å². The number of carbonyl (C=O) groups is 1. The fourth-order valence-electron chi connectivity index (χ4n) is 1.10. The van der Waals surface area contributed by atoms with Crippen LogP contribution in [-0.2, 0) is 4.79 Å². The van der Waals surface area contributed by atoms with Gasteiger partial charge >= 0.3 is 0 Å². The summed E-state index contributed by atoms with van der Waals surface area (Å²) in [5.41, 5.74) is 3.18. The Morgan fingerprint density at radius 2 is 2.09 bits per heavy atom. The van der Waals surface area contributed by atoms with Crippen LogP contribution in [0.25, 0.3) is 0 Å². The van der Waals surface area contributed by atoms with Gasteiger partial charge in [-0.05, 0) is 26.3 Å². The molecule has 0 amide bonds. The molecular formula is C10H12O. The van der Waals surface area contributed by atoms with Gasteiger partial charge in [-0.3, -0.25) is 4.79 Å². The van der Waals surface area contributed by atoms with E-state index in [2.05, 4.69) is 6.08 Å². The molecule has 1 aliphatic carbocycles. The minimum absolute atomic E-state index is 0.772. The third-order valence-corrected chi connectivity index (χ3v) is 1.69. The van der Waals surface area contributed by atoms with Crippen LogP contribution in [0.5, 0.6) is 0 Å². The lowest BCUT2D eigenvalue weighted by Gasteiger charge is -1.90. The zero-order valence-electron chi connectivity index (χ0n) is 6.92. The molecule has 0 atom stereocenters. The van der Waals surface area contributed by atoms with Gasteiger partial charge in [0.1, 0.15) is 6.29 Å². The number of rotatable bonds is 1. The van der Waals surface area contributed by atoms with Crippen molar-refractivity contribution in [3.63, 3.8) is 0 Å². The molecule has 0 aliphatic heterocycles. The second kappa shape index (κ2) is 3.33. The second-order valence-corrected chi connectivity index (χ2v) is 2.91. The molecule has 0 fully saturated rings. The summed E-state index contributed by atoms with van der Waals surface area (Å²) in [4.78, 5) is 10.5. The lowest BCUT2D eigenvalue weighted by Crippen LogP contribution is -1.79. The van der Waals surface area contributed by atoms with Gasteiger partial charge in [-0.2, -0.15) is 0 Å². The van der Waals surface area contributed by atoms with Gasteiger partial charge in [0.25, 0.3) is 0 Å². The monoisotopic (exact) mass is 148 g/mol. The van der Waals surface area contributed by atoms with E-state index in [1.807, 2.05) is 26.0 Å². The molecule has 0 aromatic rings. The Kier molecular flexibility index (Phi) is 2.42. The van der Waals surface area contributed by atoms with Crippen LogP contribution in [0.1, 0.15) is 20.3 Å². The van der Waals surface area contributed by atoms with Gasteiger partial charge in [0, 0.05) is 5.57 Å². The van der Waals surface area contributed by atoms with E-state index in [1.54, 1.807) is 0 Å². The molecule has 0 bridgehead atoms. The molecule has 0 saturated heterocycles. The zero-order valence-corrected chi connectivity index (χ0v) is 6.92. The third-order valence-electron chi connectivity index (χ3n) is 1.69. The standard InChI is InChI=1S/C10H12O/c1-8-3-4-9(2)6-10(5-8)7-11/h3,5-7H,4H2,1-2H3. The largest absolute Gasteiger partial charge is 0.298 e. The number of carbonyl (C=O) groups excluding carboxylic acids is 1. The van der Waals surface area contributed by atoms with E-state index in [9.17, 15) is 4.79 Å². The molecule has 0 N–H and O–H groups in total. The summed E-state index contributed by atoms with van der Waals surface area (Å²) in [5.74, 6) is 0. The first-order valence-electron chi connectivity index (χ1n) is 3.73. The highest BCUT2D eigenvalue weighted by Crippen LogP contribution is 2.14. The molecule has 0 spiro atoms. The highest BCUT2D eigenvalue weighted by Gasteiger charge is 1.97. The van der Waals surface area contributed by atoms with Crippen LogP contribution in [-0.4, -0.2) is 6.29 Å². The van der Waals surface area contributed by atoms with Gasteiger partial charge in [0.2, 0.25) is 0 Å². The molecule has 0 heterocycles. The zero-order chi connectivity index (χ0) is 8.27. The van der Waals surface area contributed by atoms with Gasteiger partial charge in [-0.25, -0.2) is 0 Å². The van der Waals surface area contributed by atoms with E-state index >= 15 is 0 Å². The molecule has 1 heteroatoms. The Labute approximate surface area is 67.1 Å². The highest BCUT2D eigenvalue weighted by atomic mass is 16.1. The van der Waals surface area contributed by atoms with Crippen LogP contribution < -0.4 is 0 Å². The minimum Gasteiger partial charge on any atom is -0.298 e. The van der Waals surface area contributed by atoms with Crippen molar-refractivity contribution < 1.29 is 4.79 Å². The minimum atomic E-state index is 0.772. The summed E-state index contributed by atoms with van der Waals surface area (Å²) in [5, 5.41) is 0. The van der Waals surface area contributed by atoms with Crippen LogP contribution in [0.15, 0.2) is 34.9 Å². The van der Waals surface area contributed by atoms with Crippen molar-refractivity contribution in [2.75, 3.05) is 0 Å². The highest BCUT2D eigenvalue weighted by molar-refractivity contribution is 5.79. The maximum atomic E-state index is 10.5. The van der Waals surface area contributed by atoms with E-state index < -0.39 is 0 Å². The number of aldehydes is 1. The van der Waals surface area contributed by atoms with Crippen LogP contribution in [0, 0.1) is 0 Å². The van der Waals surface area contributed by atoms with E-state index in [0.717, 1.165) is 18.3 Å². The average Bonchev–Trinajstić information content (AvgIpc) is 2.13. The van der Waals surface area contributed by atoms with Crippen LogP contribution >= 0.6 is 0 Å². The van der Waals surface area contributed by atoms with Crippen LogP contribution in [0.2, 0.25) is 0 Å². The number of allylic oxidation sites excluding steroid dienone is 6. The first kappa shape index (κ1) is 7.99. The van der Waals surface area contributed by atoms with Crippen molar-refractivity contribution in [2.45, 2.75) is 20.3 Å². The van der Waals surface area contributed by atoms with Crippen molar-refractivity contribution in [3.05, 3.63) is 34.9 Å². The molecule has 1 aliphatic rings. The molecule has 0 aromatic heterocycles. The van der Waals surface area contributed by atoms with Crippen LogP contribution in [0.3, 0.4) is 0 Å². The second-order valence-electron chi connectivity index (χ2n) is 2.91. The summed E-state index contributed by atoms with van der Waals surface area (Å²) < 4.78 is 0. The van der Waals surface area contributed by atoms with Gasteiger partial charge in [0.15, 0.2) is 0 Å². The van der Waals surface area contributed by atoms with Crippen molar-refractivity contribution in [3.8, 4) is 0 Å². The van der Waals surface area contributed by atoms with E-state index in [-0.39, 0.29) is 0 Å². The lowest BCUT2D eigenvalue weighted by atomic mass is 10.2. The molecular weight excluding hydrogens is 136 g/mol. The predicted octanol–water partition coefficient (Wildman–Crippen LogP) is 2.41. The Hall–Kier alpha value is -1.11. The summed E-state index contributed by atoms with van der Waals surface area (Å²) in [6, 6.07) is 0. The van der Waals surface area contributed by atoms with Crippen molar-refractivity contribution >= 4 is 6.29 Å². The normalized spacial score (nSPS) is 17.8. The third kappa shape index (κ3) is 2.19. The number of hydrogen-bond acceptors (Lipinski definition) is 1. The molecule has 11 heavy (non-hydrogen) atoms. The first-order chi connectivity index (χ1) is 5.22. The maximum Gasteiger partial charge on any atom is 0.150 e. The van der Waals surface area contributed by atoms with Crippen molar-refractivity contribution in [1.29, 1.82) is 0 Å².